The number of hydrogen-bond donors (Lipinski definition) is 2. The second kappa shape index (κ2) is 9.66. The lowest BCUT2D eigenvalue weighted by Gasteiger charge is -2.00. The van der Waals surface area contributed by atoms with Gasteiger partial charge in [-0.25, -0.2) is 9.78 Å². The van der Waals surface area contributed by atoms with Crippen LogP contribution in [0.25, 0.3) is 5.65 Å². The Balaban J connectivity index is 0.000000370. The van der Waals surface area contributed by atoms with E-state index in [0.29, 0.717) is 31.0 Å². The number of aliphatic carboxylic acids is 1. The van der Waals surface area contributed by atoms with Crippen LogP contribution in [0.3, 0.4) is 0 Å². The van der Waals surface area contributed by atoms with Crippen molar-refractivity contribution in [2.75, 3.05) is 0 Å². The summed E-state index contributed by atoms with van der Waals surface area (Å²) in [6.07, 6.45) is 0.458. The normalized spacial score (nSPS) is 11.0. The van der Waals surface area contributed by atoms with Gasteiger partial charge in [-0.15, -0.1) is 0 Å². The maximum atomic E-state index is 11.8. The minimum Gasteiger partial charge on any atom is -0.475 e. The van der Waals surface area contributed by atoms with E-state index in [1.165, 1.54) is 0 Å². The van der Waals surface area contributed by atoms with Gasteiger partial charge in [0, 0.05) is 25.2 Å². The van der Waals surface area contributed by atoms with Crippen molar-refractivity contribution >= 4 is 17.5 Å². The fourth-order valence-corrected chi connectivity index (χ4v) is 2.12. The van der Waals surface area contributed by atoms with Crippen LogP contribution < -0.4 is 5.32 Å². The molecule has 0 bridgehead atoms. The highest BCUT2D eigenvalue weighted by Gasteiger charge is 2.38. The second-order valence-electron chi connectivity index (χ2n) is 5.74. The summed E-state index contributed by atoms with van der Waals surface area (Å²) < 4.78 is 38.7. The Hall–Kier alpha value is -3.44. The molecule has 3 heterocycles. The van der Waals surface area contributed by atoms with Crippen molar-refractivity contribution in [2.45, 2.75) is 38.9 Å². The minimum atomic E-state index is -5.08. The summed E-state index contributed by atoms with van der Waals surface area (Å²) in [5.74, 6) is -1.74. The zero-order valence-electron chi connectivity index (χ0n) is 15.3. The average Bonchev–Trinajstić information content (AvgIpc) is 3.30. The van der Waals surface area contributed by atoms with E-state index in [0.717, 1.165) is 11.3 Å². The highest BCUT2D eigenvalue weighted by Crippen LogP contribution is 2.13. The smallest absolute Gasteiger partial charge is 0.475 e. The van der Waals surface area contributed by atoms with Crippen molar-refractivity contribution in [1.82, 2.24) is 24.8 Å². The number of halogens is 3. The zero-order valence-corrected chi connectivity index (χ0v) is 15.3. The van der Waals surface area contributed by atoms with Crippen LogP contribution in [0.2, 0.25) is 0 Å². The SMILES string of the molecule is CCc1nc(CNC(=O)CCc2cn3ccccc3n2)no1.O=C(O)C(F)(F)F. The largest absolute Gasteiger partial charge is 0.490 e. The number of alkyl halides is 3. The van der Waals surface area contributed by atoms with Gasteiger partial charge >= 0.3 is 12.1 Å². The Morgan fingerprint density at radius 1 is 1.28 bits per heavy atom. The van der Waals surface area contributed by atoms with E-state index in [2.05, 4.69) is 20.4 Å². The second-order valence-corrected chi connectivity index (χ2v) is 5.74. The lowest BCUT2D eigenvalue weighted by Crippen LogP contribution is -2.23. The maximum absolute atomic E-state index is 11.8. The summed E-state index contributed by atoms with van der Waals surface area (Å²) >= 11 is 0. The molecule has 0 unspecified atom stereocenters. The number of rotatable bonds is 6. The molecule has 0 fully saturated rings. The summed E-state index contributed by atoms with van der Waals surface area (Å²) in [6, 6.07) is 5.82. The lowest BCUT2D eigenvalue weighted by atomic mass is 10.2. The summed E-state index contributed by atoms with van der Waals surface area (Å²) in [5, 5.41) is 13.7. The van der Waals surface area contributed by atoms with Crippen molar-refractivity contribution in [3.8, 4) is 0 Å². The number of hydrogen-bond acceptors (Lipinski definition) is 6. The number of imidazole rings is 1. The fraction of sp³-hybridized carbons (Fsp3) is 0.353. The molecule has 0 spiro atoms. The van der Waals surface area contributed by atoms with Gasteiger partial charge in [0.15, 0.2) is 5.82 Å². The first-order chi connectivity index (χ1) is 13.7. The highest BCUT2D eigenvalue weighted by atomic mass is 19.4. The number of nitrogens with one attached hydrogen (secondary N) is 1. The van der Waals surface area contributed by atoms with Gasteiger partial charge in [-0.1, -0.05) is 18.1 Å². The highest BCUT2D eigenvalue weighted by molar-refractivity contribution is 5.76. The van der Waals surface area contributed by atoms with Gasteiger partial charge in [0.25, 0.3) is 0 Å². The van der Waals surface area contributed by atoms with E-state index in [4.69, 9.17) is 14.4 Å². The molecule has 3 aromatic rings. The van der Waals surface area contributed by atoms with Crippen molar-refractivity contribution < 1.29 is 32.4 Å². The minimum absolute atomic E-state index is 0.0556. The first-order valence-corrected chi connectivity index (χ1v) is 8.50. The van der Waals surface area contributed by atoms with E-state index in [9.17, 15) is 18.0 Å². The Morgan fingerprint density at radius 2 is 2.00 bits per heavy atom. The number of carboxylic acid groups (broad SMARTS) is 1. The molecule has 0 aliphatic heterocycles. The number of fused-ring (bicyclic) bond motifs is 1. The number of aromatic nitrogens is 4. The molecule has 0 saturated carbocycles. The van der Waals surface area contributed by atoms with E-state index in [1.54, 1.807) is 0 Å². The van der Waals surface area contributed by atoms with Gasteiger partial charge in [0.1, 0.15) is 5.65 Å². The number of amides is 1. The molecule has 0 radical (unpaired) electrons. The number of carbonyl (C=O) groups is 2. The predicted molar refractivity (Wildman–Crippen MR) is 92.7 cm³/mol. The van der Waals surface area contributed by atoms with Crippen molar-refractivity contribution in [2.24, 2.45) is 0 Å². The van der Waals surface area contributed by atoms with Crippen LogP contribution in [-0.2, 0) is 29.0 Å². The molecule has 0 saturated heterocycles. The van der Waals surface area contributed by atoms with Gasteiger partial charge in [-0.3, -0.25) is 4.79 Å². The Labute approximate surface area is 162 Å². The molecule has 1 amide bonds. The lowest BCUT2D eigenvalue weighted by molar-refractivity contribution is -0.192. The van der Waals surface area contributed by atoms with Gasteiger partial charge < -0.3 is 19.3 Å². The number of carbonyl (C=O) groups excluding carboxylic acids is 1. The standard InChI is InChI=1S/C15H17N5O2.C2HF3O2/c1-2-15-18-12(19-22-15)9-16-14(21)7-6-11-10-20-8-4-3-5-13(20)17-11;3-2(4,5)1(6)7/h3-5,8,10H,2,6-7,9H2,1H3,(H,16,21);(H,6,7). The predicted octanol–water partition coefficient (Wildman–Crippen LogP) is 2.16. The molecule has 29 heavy (non-hydrogen) atoms. The Bertz CT molecular complexity index is 934. The molecular formula is C17H18F3N5O4. The maximum Gasteiger partial charge on any atom is 0.490 e. The molecule has 156 valence electrons. The summed E-state index contributed by atoms with van der Waals surface area (Å²) in [4.78, 5) is 29.3. The van der Waals surface area contributed by atoms with Crippen LogP contribution >= 0.6 is 0 Å². The zero-order chi connectivity index (χ0) is 21.4. The van der Waals surface area contributed by atoms with E-state index >= 15 is 0 Å². The van der Waals surface area contributed by atoms with Gasteiger partial charge in [0.05, 0.1) is 12.2 Å². The third-order valence-electron chi connectivity index (χ3n) is 3.52. The topological polar surface area (TPSA) is 123 Å². The molecule has 3 aromatic heterocycles. The third-order valence-corrected chi connectivity index (χ3v) is 3.52. The van der Waals surface area contributed by atoms with Crippen LogP contribution in [0.5, 0.6) is 0 Å². The molecular weight excluding hydrogens is 395 g/mol. The first kappa shape index (κ1) is 21.9. The molecule has 0 aliphatic carbocycles. The molecule has 0 atom stereocenters. The quantitative estimate of drug-likeness (QED) is 0.635. The summed E-state index contributed by atoms with van der Waals surface area (Å²) in [5.41, 5.74) is 1.78. The van der Waals surface area contributed by atoms with Crippen molar-refractivity contribution in [1.29, 1.82) is 0 Å². The molecule has 0 aromatic carbocycles. The van der Waals surface area contributed by atoms with Crippen LogP contribution in [0.4, 0.5) is 13.2 Å². The molecule has 12 heteroatoms. The van der Waals surface area contributed by atoms with Gasteiger partial charge in [-0.2, -0.15) is 18.2 Å². The molecule has 9 nitrogen and oxygen atoms in total. The molecule has 0 aliphatic rings. The molecule has 3 rings (SSSR count). The number of pyridine rings is 1. The van der Waals surface area contributed by atoms with Crippen LogP contribution in [0.15, 0.2) is 35.1 Å². The molecule has 2 N–H and O–H groups in total. The Kier molecular flexibility index (Phi) is 7.28. The average molecular weight is 413 g/mol. The van der Waals surface area contributed by atoms with Gasteiger partial charge in [-0.05, 0) is 18.6 Å². The van der Waals surface area contributed by atoms with E-state index in [1.807, 2.05) is 41.9 Å². The van der Waals surface area contributed by atoms with E-state index in [-0.39, 0.29) is 12.5 Å². The monoisotopic (exact) mass is 413 g/mol. The third kappa shape index (κ3) is 6.90. The van der Waals surface area contributed by atoms with Crippen LogP contribution in [0.1, 0.15) is 30.8 Å². The van der Waals surface area contributed by atoms with Gasteiger partial charge in [0.2, 0.25) is 11.8 Å². The van der Waals surface area contributed by atoms with Crippen molar-refractivity contribution in [3.05, 3.63) is 48.0 Å². The van der Waals surface area contributed by atoms with Crippen LogP contribution in [-0.4, -0.2) is 42.7 Å². The Morgan fingerprint density at radius 3 is 2.59 bits per heavy atom. The number of nitrogens with zero attached hydrogens (tertiary/aromatic N) is 4. The van der Waals surface area contributed by atoms with Crippen molar-refractivity contribution in [3.63, 3.8) is 0 Å². The van der Waals surface area contributed by atoms with Crippen LogP contribution in [0, 0.1) is 0 Å². The van der Waals surface area contributed by atoms with E-state index < -0.39 is 12.1 Å². The fourth-order valence-electron chi connectivity index (χ4n) is 2.12. The first-order valence-electron chi connectivity index (χ1n) is 8.50. The number of aryl methyl sites for hydroxylation is 2. The summed E-state index contributed by atoms with van der Waals surface area (Å²) in [6.45, 7) is 2.22. The number of carboxylic acids is 1. The summed E-state index contributed by atoms with van der Waals surface area (Å²) in [7, 11) is 0.